The van der Waals surface area contributed by atoms with Gasteiger partial charge in [0.15, 0.2) is 0 Å². The first-order chi connectivity index (χ1) is 8.98. The first-order valence-electron chi connectivity index (χ1n) is 7.94. The summed E-state index contributed by atoms with van der Waals surface area (Å²) in [5.74, 6) is -0.0865. The van der Waals surface area contributed by atoms with E-state index in [0.717, 1.165) is 51.4 Å². The third-order valence-electron chi connectivity index (χ3n) is 4.94. The quantitative estimate of drug-likeness (QED) is 0.616. The summed E-state index contributed by atoms with van der Waals surface area (Å²) in [6.45, 7) is 4.60. The second-order valence-corrected chi connectivity index (χ2v) is 7.21. The minimum absolute atomic E-state index is 0.00929. The normalized spacial score (nSPS) is 32.6. The number of rotatable bonds is 2. The lowest BCUT2D eigenvalue weighted by molar-refractivity contribution is -0.157. The van der Waals surface area contributed by atoms with Crippen molar-refractivity contribution in [1.29, 1.82) is 0 Å². The summed E-state index contributed by atoms with van der Waals surface area (Å²) in [4.78, 5) is 12.3. The van der Waals surface area contributed by atoms with E-state index in [1.54, 1.807) is 0 Å². The lowest BCUT2D eigenvalue weighted by atomic mass is 9.76. The Hall–Kier alpha value is -0.570. The third kappa shape index (κ3) is 4.20. The Morgan fingerprint density at radius 3 is 2.37 bits per heavy atom. The van der Waals surface area contributed by atoms with Gasteiger partial charge in [-0.2, -0.15) is 0 Å². The zero-order chi connectivity index (χ0) is 13.9. The van der Waals surface area contributed by atoms with E-state index >= 15 is 0 Å². The van der Waals surface area contributed by atoms with E-state index in [1.165, 1.54) is 6.42 Å². The lowest BCUT2D eigenvalue weighted by Crippen LogP contribution is -2.38. The molecule has 0 heterocycles. The van der Waals surface area contributed by atoms with Crippen molar-refractivity contribution in [1.82, 2.24) is 0 Å². The Kier molecular flexibility index (Phi) is 4.88. The summed E-state index contributed by atoms with van der Waals surface area (Å²) >= 11 is 0. The highest BCUT2D eigenvalue weighted by molar-refractivity contribution is 5.73. The third-order valence-corrected chi connectivity index (χ3v) is 4.94. The van der Waals surface area contributed by atoms with E-state index in [4.69, 9.17) is 10.5 Å². The average molecular weight is 267 g/mol. The predicted molar refractivity (Wildman–Crippen MR) is 76.7 cm³/mol. The molecule has 2 atom stereocenters. The second kappa shape index (κ2) is 6.25. The number of carbonyl (C=O) groups excluding carboxylic acids is 1. The van der Waals surface area contributed by atoms with Crippen LogP contribution in [0, 0.1) is 11.3 Å². The molecule has 0 spiro atoms. The minimum Gasteiger partial charge on any atom is -0.462 e. The van der Waals surface area contributed by atoms with E-state index in [0.29, 0.717) is 5.41 Å². The Labute approximate surface area is 117 Å². The summed E-state index contributed by atoms with van der Waals surface area (Å²) in [5.41, 5.74) is 6.55. The van der Waals surface area contributed by atoms with Gasteiger partial charge < -0.3 is 10.5 Å². The summed E-state index contributed by atoms with van der Waals surface area (Å²) in [5, 5.41) is 0. The maximum Gasteiger partial charge on any atom is 0.310 e. The first-order valence-corrected chi connectivity index (χ1v) is 7.94. The van der Waals surface area contributed by atoms with Gasteiger partial charge in [-0.05, 0) is 43.9 Å². The van der Waals surface area contributed by atoms with E-state index in [1.807, 2.05) is 0 Å². The summed E-state index contributed by atoms with van der Waals surface area (Å²) in [6.07, 6.45) is 9.83. The molecule has 2 aliphatic rings. The van der Waals surface area contributed by atoms with Crippen LogP contribution in [-0.2, 0) is 9.53 Å². The van der Waals surface area contributed by atoms with E-state index < -0.39 is 0 Å². The molecule has 0 radical (unpaired) electrons. The molecule has 0 amide bonds. The number of nitrogens with two attached hydrogens (primary N) is 1. The topological polar surface area (TPSA) is 52.3 Å². The van der Waals surface area contributed by atoms with Gasteiger partial charge >= 0.3 is 5.97 Å². The highest BCUT2D eigenvalue weighted by Crippen LogP contribution is 2.36. The van der Waals surface area contributed by atoms with Crippen molar-refractivity contribution in [2.45, 2.75) is 83.8 Å². The molecule has 2 rings (SSSR count). The van der Waals surface area contributed by atoms with Crippen molar-refractivity contribution < 1.29 is 9.53 Å². The largest absolute Gasteiger partial charge is 0.462 e. The van der Waals surface area contributed by atoms with Gasteiger partial charge in [0.2, 0.25) is 0 Å². The van der Waals surface area contributed by atoms with Crippen LogP contribution < -0.4 is 5.73 Å². The van der Waals surface area contributed by atoms with Gasteiger partial charge in [0.25, 0.3) is 0 Å². The van der Waals surface area contributed by atoms with Crippen molar-refractivity contribution in [3.63, 3.8) is 0 Å². The van der Waals surface area contributed by atoms with E-state index in [2.05, 4.69) is 13.8 Å². The summed E-state index contributed by atoms with van der Waals surface area (Å²) in [6, 6.07) is 0.00929. The van der Waals surface area contributed by atoms with E-state index in [-0.39, 0.29) is 24.0 Å². The first kappa shape index (κ1) is 14.8. The molecule has 2 fully saturated rings. The van der Waals surface area contributed by atoms with Gasteiger partial charge in [-0.25, -0.2) is 0 Å². The zero-order valence-electron chi connectivity index (χ0n) is 12.5. The molecule has 2 N–H and O–H groups in total. The fraction of sp³-hybridized carbons (Fsp3) is 0.938. The van der Waals surface area contributed by atoms with Crippen molar-refractivity contribution >= 4 is 5.97 Å². The zero-order valence-corrected chi connectivity index (χ0v) is 12.5. The Morgan fingerprint density at radius 1 is 1.05 bits per heavy atom. The van der Waals surface area contributed by atoms with Crippen LogP contribution in [0.4, 0.5) is 0 Å². The maximum absolute atomic E-state index is 12.3. The van der Waals surface area contributed by atoms with Gasteiger partial charge in [0.05, 0.1) is 5.92 Å². The molecule has 2 unspecified atom stereocenters. The van der Waals surface area contributed by atoms with Crippen LogP contribution in [0.5, 0.6) is 0 Å². The molecule has 2 saturated carbocycles. The van der Waals surface area contributed by atoms with Crippen LogP contribution in [0.2, 0.25) is 0 Å². The summed E-state index contributed by atoms with van der Waals surface area (Å²) in [7, 11) is 0. The Balaban J connectivity index is 1.83. The van der Waals surface area contributed by atoms with Crippen LogP contribution in [0.25, 0.3) is 0 Å². The van der Waals surface area contributed by atoms with Crippen LogP contribution in [0.3, 0.4) is 0 Å². The van der Waals surface area contributed by atoms with E-state index in [9.17, 15) is 4.79 Å². The van der Waals surface area contributed by atoms with Crippen molar-refractivity contribution in [3.8, 4) is 0 Å². The molecule has 3 heteroatoms. The van der Waals surface area contributed by atoms with Crippen LogP contribution in [0.15, 0.2) is 0 Å². The van der Waals surface area contributed by atoms with Gasteiger partial charge in [0.1, 0.15) is 6.10 Å². The van der Waals surface area contributed by atoms with Crippen LogP contribution in [-0.4, -0.2) is 18.1 Å². The van der Waals surface area contributed by atoms with Gasteiger partial charge in [0, 0.05) is 6.04 Å². The minimum atomic E-state index is -0.0579. The molecule has 0 aromatic heterocycles. The molecule has 0 aliphatic heterocycles. The maximum atomic E-state index is 12.3. The molecule has 0 aromatic carbocycles. The van der Waals surface area contributed by atoms with Crippen molar-refractivity contribution in [3.05, 3.63) is 0 Å². The monoisotopic (exact) mass is 267 g/mol. The highest BCUT2D eigenvalue weighted by Gasteiger charge is 2.33. The number of carbonyl (C=O) groups is 1. The van der Waals surface area contributed by atoms with Crippen LogP contribution >= 0.6 is 0 Å². The Bertz CT molecular complexity index is 304. The molecule has 110 valence electrons. The SMILES string of the molecule is CC1(C)CCC(OC(=O)C2CCCCCC2N)CC1. The lowest BCUT2D eigenvalue weighted by Gasteiger charge is -2.34. The number of hydrogen-bond acceptors (Lipinski definition) is 3. The van der Waals surface area contributed by atoms with Crippen molar-refractivity contribution in [2.75, 3.05) is 0 Å². The fourth-order valence-corrected chi connectivity index (χ4v) is 3.37. The molecule has 19 heavy (non-hydrogen) atoms. The predicted octanol–water partition coefficient (Wildman–Crippen LogP) is 3.41. The molecular weight excluding hydrogens is 238 g/mol. The van der Waals surface area contributed by atoms with Gasteiger partial charge in [-0.1, -0.05) is 33.1 Å². The molecule has 0 bridgehead atoms. The summed E-state index contributed by atoms with van der Waals surface area (Å²) < 4.78 is 5.73. The number of ether oxygens (including phenoxy) is 1. The molecule has 3 nitrogen and oxygen atoms in total. The molecule has 2 aliphatic carbocycles. The average Bonchev–Trinajstić information content (AvgIpc) is 2.56. The van der Waals surface area contributed by atoms with Gasteiger partial charge in [-0.3, -0.25) is 4.79 Å². The molecular formula is C16H29NO2. The number of esters is 1. The van der Waals surface area contributed by atoms with Crippen LogP contribution in [0.1, 0.15) is 71.6 Å². The number of hydrogen-bond donors (Lipinski definition) is 1. The smallest absolute Gasteiger partial charge is 0.310 e. The van der Waals surface area contributed by atoms with Gasteiger partial charge in [-0.15, -0.1) is 0 Å². The Morgan fingerprint density at radius 2 is 1.68 bits per heavy atom. The second-order valence-electron chi connectivity index (χ2n) is 7.21. The standard InChI is InChI=1S/C16H29NO2/c1-16(2)10-8-12(9-11-16)19-15(18)13-6-4-3-5-7-14(13)17/h12-14H,3-11,17H2,1-2H3. The molecule has 0 saturated heterocycles. The molecule has 0 aromatic rings. The highest BCUT2D eigenvalue weighted by atomic mass is 16.5. The van der Waals surface area contributed by atoms with Crippen molar-refractivity contribution in [2.24, 2.45) is 17.1 Å². The fourth-order valence-electron chi connectivity index (χ4n) is 3.37.